The van der Waals surface area contributed by atoms with Gasteiger partial charge in [-0.2, -0.15) is 0 Å². The summed E-state index contributed by atoms with van der Waals surface area (Å²) in [7, 11) is 1.52. The van der Waals surface area contributed by atoms with Gasteiger partial charge in [-0.3, -0.25) is 9.59 Å². The van der Waals surface area contributed by atoms with Gasteiger partial charge in [0.2, 0.25) is 11.7 Å². The minimum Gasteiger partial charge on any atom is -0.496 e. The van der Waals surface area contributed by atoms with E-state index in [1.807, 2.05) is 66.7 Å². The van der Waals surface area contributed by atoms with Crippen molar-refractivity contribution >= 4 is 35.4 Å². The van der Waals surface area contributed by atoms with E-state index < -0.39 is 5.79 Å². The van der Waals surface area contributed by atoms with Crippen molar-refractivity contribution in [2.75, 3.05) is 32.2 Å². The average molecular weight is 861 g/mol. The van der Waals surface area contributed by atoms with E-state index in [2.05, 4.69) is 24.0 Å². The zero-order valence-electron chi connectivity index (χ0n) is 35.4. The molecule has 62 heavy (non-hydrogen) atoms. The van der Waals surface area contributed by atoms with Crippen molar-refractivity contribution in [3.8, 4) is 23.0 Å². The molecule has 326 valence electrons. The predicted molar refractivity (Wildman–Crippen MR) is 241 cm³/mol. The number of methoxy groups -OCH3 is 1. The second-order valence-corrected chi connectivity index (χ2v) is 17.2. The van der Waals surface area contributed by atoms with Crippen LogP contribution in [0.15, 0.2) is 125 Å². The van der Waals surface area contributed by atoms with Crippen LogP contribution in [0.4, 0.5) is 5.69 Å². The summed E-state index contributed by atoms with van der Waals surface area (Å²) in [4.78, 5) is 31.0. The molecule has 1 heterocycles. The summed E-state index contributed by atoms with van der Waals surface area (Å²) in [6, 6.07) is 28.8. The number of ether oxygens (including phenoxy) is 4. The molecule has 1 amide bonds. The molecule has 11 nitrogen and oxygen atoms in total. The molecule has 7 rings (SSSR count). The molecule has 3 aliphatic rings. The summed E-state index contributed by atoms with van der Waals surface area (Å²) in [6.45, 7) is 6.27. The smallest absolute Gasteiger partial charge is 0.231 e. The highest BCUT2D eigenvalue weighted by molar-refractivity contribution is 8.00. The fourth-order valence-electron chi connectivity index (χ4n) is 9.24. The van der Waals surface area contributed by atoms with Crippen LogP contribution in [0, 0.1) is 17.8 Å². The number of oxime groups is 1. The van der Waals surface area contributed by atoms with Crippen LogP contribution in [0.25, 0.3) is 0 Å². The number of aliphatic hydroxyl groups excluding tert-OH is 2. The number of carbonyl (C=O) groups excluding carboxylic acids is 2. The molecule has 6 atom stereocenters. The standard InChI is InChI=1S/C50H56N2O9S/c1-4-26-58-50-47(62-40-20-16-37(17-21-40)51-33(2)56)30-44(52-59-32-34-12-6-5-7-13-34)42-28-35(14-8-10-24-53)41(15-9-11-25-54)48(49(42)50)43-29-39(19-23-46(43)61-50)60-38-18-22-45(57-3)36(27-38)31-55/h4-7,12-13,16-23,27-29,31,35,41,47-49,53-54H,1,8-11,14-15,24-26,30,32H2,2-3H3,(H,51,56). The summed E-state index contributed by atoms with van der Waals surface area (Å²) < 4.78 is 26.3. The van der Waals surface area contributed by atoms with Gasteiger partial charge in [0.05, 0.1) is 36.2 Å². The lowest BCUT2D eigenvalue weighted by Crippen LogP contribution is -2.64. The Labute approximate surface area is 368 Å². The number of amides is 1. The van der Waals surface area contributed by atoms with Crippen molar-refractivity contribution in [2.24, 2.45) is 22.9 Å². The highest BCUT2D eigenvalue weighted by Crippen LogP contribution is 2.63. The number of allylic oxidation sites excluding steroid dienone is 1. The molecule has 1 fully saturated rings. The highest BCUT2D eigenvalue weighted by atomic mass is 32.2. The molecule has 1 aliphatic heterocycles. The van der Waals surface area contributed by atoms with Gasteiger partial charge in [-0.05, 0) is 109 Å². The largest absolute Gasteiger partial charge is 0.496 e. The van der Waals surface area contributed by atoms with Gasteiger partial charge < -0.3 is 39.3 Å². The maximum Gasteiger partial charge on any atom is 0.231 e. The first-order valence-electron chi connectivity index (χ1n) is 21.4. The second kappa shape index (κ2) is 21.1. The maximum absolute atomic E-state index is 11.9. The van der Waals surface area contributed by atoms with Crippen LogP contribution in [0.5, 0.6) is 23.0 Å². The molecule has 2 aliphatic carbocycles. The maximum atomic E-state index is 11.9. The molecule has 1 saturated carbocycles. The normalized spacial score (nSPS) is 22.9. The Morgan fingerprint density at radius 1 is 0.968 bits per heavy atom. The number of unbranched alkanes of at least 4 members (excludes halogenated alkanes) is 2. The zero-order valence-corrected chi connectivity index (χ0v) is 36.2. The second-order valence-electron chi connectivity index (χ2n) is 16.0. The van der Waals surface area contributed by atoms with E-state index >= 15 is 0 Å². The van der Waals surface area contributed by atoms with Crippen molar-refractivity contribution in [2.45, 2.75) is 80.3 Å². The number of aliphatic hydroxyl groups is 2. The van der Waals surface area contributed by atoms with Crippen LogP contribution in [0.2, 0.25) is 0 Å². The summed E-state index contributed by atoms with van der Waals surface area (Å²) in [5.41, 5.74) is 4.89. The van der Waals surface area contributed by atoms with E-state index in [1.165, 1.54) is 14.0 Å². The van der Waals surface area contributed by atoms with Gasteiger partial charge in [-0.25, -0.2) is 0 Å². The molecule has 6 unspecified atom stereocenters. The minimum atomic E-state index is -1.19. The number of rotatable bonds is 21. The van der Waals surface area contributed by atoms with Crippen LogP contribution >= 0.6 is 11.8 Å². The number of nitrogens with zero attached hydrogens (tertiary/aromatic N) is 1. The third kappa shape index (κ3) is 10.1. The van der Waals surface area contributed by atoms with Crippen molar-refractivity contribution in [3.05, 3.63) is 132 Å². The van der Waals surface area contributed by atoms with Crippen molar-refractivity contribution in [1.82, 2.24) is 0 Å². The first-order chi connectivity index (χ1) is 30.3. The Bertz CT molecular complexity index is 2230. The molecular weight excluding hydrogens is 805 g/mol. The Morgan fingerprint density at radius 3 is 2.42 bits per heavy atom. The average Bonchev–Trinajstić information content (AvgIpc) is 3.28. The van der Waals surface area contributed by atoms with E-state index in [0.29, 0.717) is 60.1 Å². The summed E-state index contributed by atoms with van der Waals surface area (Å²) in [5.74, 6) is 0.551. The lowest BCUT2D eigenvalue weighted by molar-refractivity contribution is -0.223. The number of aldehydes is 1. The third-order valence-corrected chi connectivity index (χ3v) is 13.2. The number of benzene rings is 4. The summed E-state index contributed by atoms with van der Waals surface area (Å²) in [6.07, 6.45) is 10.0. The first kappa shape index (κ1) is 44.6. The predicted octanol–water partition coefficient (Wildman–Crippen LogP) is 9.88. The Morgan fingerprint density at radius 2 is 1.71 bits per heavy atom. The number of carbonyl (C=O) groups is 2. The number of anilines is 1. The molecule has 0 radical (unpaired) electrons. The van der Waals surface area contributed by atoms with Crippen molar-refractivity contribution in [1.29, 1.82) is 0 Å². The van der Waals surface area contributed by atoms with E-state index in [1.54, 1.807) is 36.0 Å². The Kier molecular flexibility index (Phi) is 15.2. The highest BCUT2D eigenvalue weighted by Gasteiger charge is 2.64. The fourth-order valence-corrected chi connectivity index (χ4v) is 10.5. The van der Waals surface area contributed by atoms with Crippen LogP contribution < -0.4 is 19.5 Å². The SMILES string of the molecule is C=CCOC12Oc3ccc(Oc4ccc(OC)c(C=O)c4)cc3C3C(CCCCO)C(CCCCO)C=C(C(=NOCc4ccccc4)CC1Sc1ccc(NC(C)=O)cc1)C32. The van der Waals surface area contributed by atoms with Gasteiger partial charge in [0.1, 0.15) is 29.6 Å². The number of fused-ring (bicyclic) bond motifs is 2. The van der Waals surface area contributed by atoms with Crippen LogP contribution in [-0.2, 0) is 21.0 Å². The topological polar surface area (TPSA) is 145 Å². The molecule has 3 N–H and O–H groups in total. The number of nitrogens with one attached hydrogen (secondary N) is 1. The molecule has 0 aromatic heterocycles. The first-order valence-corrected chi connectivity index (χ1v) is 22.3. The quantitative estimate of drug-likeness (QED) is 0.0321. The molecule has 4 aromatic rings. The monoisotopic (exact) mass is 860 g/mol. The lowest BCUT2D eigenvalue weighted by Gasteiger charge is -2.58. The van der Waals surface area contributed by atoms with Crippen molar-refractivity contribution < 1.29 is 43.6 Å². The molecule has 0 spiro atoms. The zero-order chi connectivity index (χ0) is 43.5. The Hall–Kier alpha value is -5.40. The van der Waals surface area contributed by atoms with Gasteiger partial charge in [0.15, 0.2) is 6.29 Å². The number of thioether (sulfide) groups is 1. The lowest BCUT2D eigenvalue weighted by atomic mass is 9.56. The van der Waals surface area contributed by atoms with Crippen LogP contribution in [0.1, 0.15) is 79.3 Å². The molecular formula is C50H56N2O9S. The van der Waals surface area contributed by atoms with Crippen LogP contribution in [-0.4, -0.2) is 66.1 Å². The van der Waals surface area contributed by atoms with E-state index in [-0.39, 0.29) is 54.6 Å². The van der Waals surface area contributed by atoms with Gasteiger partial charge in [-0.15, -0.1) is 18.3 Å². The summed E-state index contributed by atoms with van der Waals surface area (Å²) in [5, 5.41) is 27.4. The summed E-state index contributed by atoms with van der Waals surface area (Å²) >= 11 is 1.64. The molecule has 0 saturated heterocycles. The minimum absolute atomic E-state index is 0.0911. The molecule has 0 bridgehead atoms. The van der Waals surface area contributed by atoms with E-state index in [4.69, 9.17) is 28.9 Å². The van der Waals surface area contributed by atoms with E-state index in [9.17, 15) is 19.8 Å². The van der Waals surface area contributed by atoms with E-state index in [0.717, 1.165) is 59.3 Å². The van der Waals surface area contributed by atoms with Gasteiger partial charge in [0.25, 0.3) is 0 Å². The van der Waals surface area contributed by atoms with Crippen LogP contribution in [0.3, 0.4) is 0 Å². The third-order valence-electron chi connectivity index (χ3n) is 11.9. The molecule has 12 heteroatoms. The molecule has 4 aromatic carbocycles. The van der Waals surface area contributed by atoms with Crippen molar-refractivity contribution in [3.63, 3.8) is 0 Å². The Balaban J connectivity index is 1.39. The fraction of sp³-hybridized carbons (Fsp3) is 0.380. The van der Waals surface area contributed by atoms with Gasteiger partial charge >= 0.3 is 0 Å². The van der Waals surface area contributed by atoms with Gasteiger partial charge in [0, 0.05) is 48.6 Å². The number of hydrogen-bond acceptors (Lipinski definition) is 11. The van der Waals surface area contributed by atoms with Gasteiger partial charge in [-0.1, -0.05) is 60.5 Å². The number of hydrogen-bond donors (Lipinski definition) is 3.